The fraction of sp³-hybridized carbons (Fsp3) is 0.696. The zero-order valence-electron chi connectivity index (χ0n) is 18.6. The number of hydrogen-bond donors (Lipinski definition) is 2. The molecule has 0 aliphatic heterocycles. The summed E-state index contributed by atoms with van der Waals surface area (Å²) in [6.45, 7) is 10.2. The number of nitrogens with one attached hydrogen (secondary N) is 2. The zero-order valence-corrected chi connectivity index (χ0v) is 21.0. The van der Waals surface area contributed by atoms with Crippen LogP contribution in [0.1, 0.15) is 64.0 Å². The third-order valence-corrected chi connectivity index (χ3v) is 5.50. The lowest BCUT2D eigenvalue weighted by Gasteiger charge is -2.30. The molecule has 166 valence electrons. The molecule has 0 spiro atoms. The van der Waals surface area contributed by atoms with Crippen LogP contribution in [0.5, 0.6) is 0 Å². The Labute approximate surface area is 194 Å². The third-order valence-electron chi connectivity index (χ3n) is 5.50. The van der Waals surface area contributed by atoms with Gasteiger partial charge < -0.3 is 20.1 Å². The minimum absolute atomic E-state index is 0. The van der Waals surface area contributed by atoms with Gasteiger partial charge in [0.05, 0.1) is 19.3 Å². The fourth-order valence-electron chi connectivity index (χ4n) is 3.75. The average molecular weight is 517 g/mol. The Bertz CT molecular complexity index is 584. The molecule has 1 aromatic carbocycles. The van der Waals surface area contributed by atoms with E-state index in [0.29, 0.717) is 18.6 Å². The first-order valence-electron chi connectivity index (χ1n) is 10.8. The number of aliphatic imine (C=N–C) groups is 1. The van der Waals surface area contributed by atoms with Gasteiger partial charge in [-0.15, -0.1) is 24.0 Å². The molecular weight excluding hydrogens is 477 g/mol. The molecule has 1 fully saturated rings. The topological polar surface area (TPSA) is 54.9 Å². The Morgan fingerprint density at radius 2 is 1.76 bits per heavy atom. The molecule has 0 aromatic heterocycles. The number of halogens is 1. The first kappa shape index (κ1) is 26.2. The summed E-state index contributed by atoms with van der Waals surface area (Å²) >= 11 is 0. The van der Waals surface area contributed by atoms with E-state index in [2.05, 4.69) is 55.7 Å². The summed E-state index contributed by atoms with van der Waals surface area (Å²) in [7, 11) is 1.79. The van der Waals surface area contributed by atoms with E-state index in [1.165, 1.54) is 36.8 Å². The van der Waals surface area contributed by atoms with E-state index in [0.717, 1.165) is 32.1 Å². The summed E-state index contributed by atoms with van der Waals surface area (Å²) in [6, 6.07) is 8.55. The van der Waals surface area contributed by atoms with E-state index in [-0.39, 0.29) is 30.1 Å². The van der Waals surface area contributed by atoms with Gasteiger partial charge in [0, 0.05) is 26.8 Å². The van der Waals surface area contributed by atoms with Crippen LogP contribution in [-0.2, 0) is 22.6 Å². The van der Waals surface area contributed by atoms with Crippen molar-refractivity contribution in [2.75, 3.05) is 26.8 Å². The molecule has 0 amide bonds. The standard InChI is InChI=1S/C23H39N3O2.HI/c1-5-24-22(26-18-23(14-15-27-4)12-6-7-13-23)25-16-20-8-10-21(11-9-20)17-28-19(2)3;/h8-11,19H,5-7,12-18H2,1-4H3,(H2,24,25,26);1H. The molecule has 0 radical (unpaired) electrons. The van der Waals surface area contributed by atoms with E-state index in [9.17, 15) is 0 Å². The molecule has 2 N–H and O–H groups in total. The molecule has 0 saturated heterocycles. The second-order valence-electron chi connectivity index (χ2n) is 8.17. The number of nitrogens with zero attached hydrogens (tertiary/aromatic N) is 1. The first-order chi connectivity index (χ1) is 13.6. The summed E-state index contributed by atoms with van der Waals surface area (Å²) in [5, 5.41) is 6.97. The first-order valence-corrected chi connectivity index (χ1v) is 10.8. The van der Waals surface area contributed by atoms with Gasteiger partial charge in [0.2, 0.25) is 0 Å². The maximum atomic E-state index is 5.66. The van der Waals surface area contributed by atoms with Crippen LogP contribution in [0.3, 0.4) is 0 Å². The second-order valence-corrected chi connectivity index (χ2v) is 8.17. The number of guanidine groups is 1. The molecule has 0 bridgehead atoms. The summed E-state index contributed by atoms with van der Waals surface area (Å²) in [5.74, 6) is 0.901. The summed E-state index contributed by atoms with van der Waals surface area (Å²) in [4.78, 5) is 4.79. The van der Waals surface area contributed by atoms with Crippen LogP contribution < -0.4 is 10.6 Å². The van der Waals surface area contributed by atoms with E-state index in [1.54, 1.807) is 7.11 Å². The monoisotopic (exact) mass is 517 g/mol. The van der Waals surface area contributed by atoms with Gasteiger partial charge in [-0.05, 0) is 56.6 Å². The van der Waals surface area contributed by atoms with Gasteiger partial charge in [0.1, 0.15) is 0 Å². The minimum atomic E-state index is 0. The van der Waals surface area contributed by atoms with Crippen LogP contribution in [0.2, 0.25) is 0 Å². The molecule has 5 nitrogen and oxygen atoms in total. The highest BCUT2D eigenvalue weighted by atomic mass is 127. The van der Waals surface area contributed by atoms with Crippen molar-refractivity contribution in [3.05, 3.63) is 35.4 Å². The predicted molar refractivity (Wildman–Crippen MR) is 132 cm³/mol. The van der Waals surface area contributed by atoms with Crippen molar-refractivity contribution >= 4 is 29.9 Å². The average Bonchev–Trinajstić information content (AvgIpc) is 3.17. The van der Waals surface area contributed by atoms with E-state index >= 15 is 0 Å². The van der Waals surface area contributed by atoms with Crippen LogP contribution in [0, 0.1) is 5.41 Å². The number of methoxy groups -OCH3 is 1. The molecule has 2 rings (SSSR count). The Morgan fingerprint density at radius 3 is 2.34 bits per heavy atom. The number of benzene rings is 1. The number of rotatable bonds is 11. The van der Waals surface area contributed by atoms with Gasteiger partial charge in [-0.3, -0.25) is 0 Å². The van der Waals surface area contributed by atoms with Gasteiger partial charge in [0.25, 0.3) is 0 Å². The molecule has 1 aromatic rings. The highest BCUT2D eigenvalue weighted by molar-refractivity contribution is 14.0. The second kappa shape index (κ2) is 14.2. The molecule has 6 heteroatoms. The lowest BCUT2D eigenvalue weighted by molar-refractivity contribution is 0.0657. The number of hydrogen-bond acceptors (Lipinski definition) is 3. The molecular formula is C23H40IN3O2. The van der Waals surface area contributed by atoms with Gasteiger partial charge >= 0.3 is 0 Å². The van der Waals surface area contributed by atoms with Gasteiger partial charge in [-0.1, -0.05) is 37.1 Å². The van der Waals surface area contributed by atoms with Gasteiger partial charge in [0.15, 0.2) is 5.96 Å². The minimum Gasteiger partial charge on any atom is -0.385 e. The SMILES string of the molecule is CCNC(=NCc1ccc(COC(C)C)cc1)NCC1(CCOC)CCCC1.I. The van der Waals surface area contributed by atoms with E-state index in [4.69, 9.17) is 14.5 Å². The van der Waals surface area contributed by atoms with Crippen molar-refractivity contribution in [1.82, 2.24) is 10.6 Å². The van der Waals surface area contributed by atoms with Crippen molar-refractivity contribution in [2.24, 2.45) is 10.4 Å². The van der Waals surface area contributed by atoms with E-state index in [1.807, 2.05) is 0 Å². The molecule has 1 aliphatic carbocycles. The molecule has 29 heavy (non-hydrogen) atoms. The maximum Gasteiger partial charge on any atom is 0.191 e. The van der Waals surface area contributed by atoms with Crippen molar-refractivity contribution in [3.63, 3.8) is 0 Å². The number of ether oxygens (including phenoxy) is 2. The Balaban J connectivity index is 0.00000420. The quantitative estimate of drug-likeness (QED) is 0.250. The lowest BCUT2D eigenvalue weighted by atomic mass is 9.83. The highest BCUT2D eigenvalue weighted by Crippen LogP contribution is 2.40. The highest BCUT2D eigenvalue weighted by Gasteiger charge is 2.33. The predicted octanol–water partition coefficient (Wildman–Crippen LogP) is 4.88. The maximum absolute atomic E-state index is 5.66. The Kier molecular flexibility index (Phi) is 12.8. The van der Waals surface area contributed by atoms with E-state index < -0.39 is 0 Å². The molecule has 0 atom stereocenters. The molecule has 0 unspecified atom stereocenters. The van der Waals surface area contributed by atoms with Crippen LogP contribution in [-0.4, -0.2) is 38.9 Å². The van der Waals surface area contributed by atoms with Gasteiger partial charge in [-0.25, -0.2) is 4.99 Å². The molecule has 1 aliphatic rings. The van der Waals surface area contributed by atoms with Crippen LogP contribution in [0.4, 0.5) is 0 Å². The third kappa shape index (κ3) is 9.66. The summed E-state index contributed by atoms with van der Waals surface area (Å²) in [6.07, 6.45) is 6.59. The fourth-order valence-corrected chi connectivity index (χ4v) is 3.75. The largest absolute Gasteiger partial charge is 0.385 e. The van der Waals surface area contributed by atoms with Crippen molar-refractivity contribution < 1.29 is 9.47 Å². The van der Waals surface area contributed by atoms with Crippen LogP contribution in [0.25, 0.3) is 0 Å². The molecule has 0 heterocycles. The summed E-state index contributed by atoms with van der Waals surface area (Å²) < 4.78 is 11.0. The van der Waals surface area contributed by atoms with Crippen molar-refractivity contribution in [1.29, 1.82) is 0 Å². The van der Waals surface area contributed by atoms with Crippen molar-refractivity contribution in [2.45, 2.75) is 72.1 Å². The van der Waals surface area contributed by atoms with Crippen LogP contribution >= 0.6 is 24.0 Å². The van der Waals surface area contributed by atoms with Crippen LogP contribution in [0.15, 0.2) is 29.3 Å². The smallest absolute Gasteiger partial charge is 0.191 e. The lowest BCUT2D eigenvalue weighted by Crippen LogP contribution is -2.43. The molecule has 1 saturated carbocycles. The Morgan fingerprint density at radius 1 is 1.10 bits per heavy atom. The van der Waals surface area contributed by atoms with Gasteiger partial charge in [-0.2, -0.15) is 0 Å². The Hall–Kier alpha value is -0.860. The summed E-state index contributed by atoms with van der Waals surface area (Å²) in [5.41, 5.74) is 2.76. The van der Waals surface area contributed by atoms with Crippen molar-refractivity contribution in [3.8, 4) is 0 Å². The normalized spacial score (nSPS) is 16.0. The zero-order chi connectivity index (χ0) is 20.2.